The van der Waals surface area contributed by atoms with Gasteiger partial charge in [-0.1, -0.05) is 42.5 Å². The fourth-order valence-corrected chi connectivity index (χ4v) is 4.23. The highest BCUT2D eigenvalue weighted by atomic mass is 79.9. The van der Waals surface area contributed by atoms with E-state index in [-0.39, 0.29) is 17.8 Å². The SMILES string of the molecule is O=C(c1[nH]nc(-c2ccccc2)c1Br)N1CCC[C@@H]1Cc1cccc(F)c1. The van der Waals surface area contributed by atoms with Gasteiger partial charge in [-0.15, -0.1) is 0 Å². The van der Waals surface area contributed by atoms with E-state index >= 15 is 0 Å². The molecule has 6 heteroatoms. The zero-order valence-corrected chi connectivity index (χ0v) is 16.2. The summed E-state index contributed by atoms with van der Waals surface area (Å²) in [5.41, 5.74) is 3.03. The summed E-state index contributed by atoms with van der Waals surface area (Å²) >= 11 is 3.54. The number of H-pyrrole nitrogens is 1. The minimum Gasteiger partial charge on any atom is -0.334 e. The van der Waals surface area contributed by atoms with Crippen molar-refractivity contribution in [3.63, 3.8) is 0 Å². The summed E-state index contributed by atoms with van der Waals surface area (Å²) in [4.78, 5) is 15.0. The average molecular weight is 428 g/mol. The van der Waals surface area contributed by atoms with Crippen molar-refractivity contribution in [2.75, 3.05) is 6.54 Å². The van der Waals surface area contributed by atoms with Crippen LogP contribution in [0.1, 0.15) is 28.9 Å². The monoisotopic (exact) mass is 427 g/mol. The van der Waals surface area contributed by atoms with Crippen LogP contribution in [-0.2, 0) is 6.42 Å². The van der Waals surface area contributed by atoms with Crippen LogP contribution in [0.25, 0.3) is 11.3 Å². The number of likely N-dealkylation sites (tertiary alicyclic amines) is 1. The molecule has 27 heavy (non-hydrogen) atoms. The summed E-state index contributed by atoms with van der Waals surface area (Å²) in [5.74, 6) is -0.317. The quantitative estimate of drug-likeness (QED) is 0.648. The molecular formula is C21H19BrFN3O. The number of hydrogen-bond donors (Lipinski definition) is 1. The molecule has 4 rings (SSSR count). The smallest absolute Gasteiger partial charge is 0.273 e. The second kappa shape index (κ2) is 7.64. The standard InChI is InChI=1S/C21H19BrFN3O/c22-18-19(15-7-2-1-3-8-15)24-25-20(18)21(27)26-11-5-10-17(26)13-14-6-4-9-16(23)12-14/h1-4,6-9,12,17H,5,10-11,13H2,(H,24,25)/t17-/m1/s1. The van der Waals surface area contributed by atoms with Crippen molar-refractivity contribution >= 4 is 21.8 Å². The molecule has 0 radical (unpaired) electrons. The van der Waals surface area contributed by atoms with Crippen molar-refractivity contribution < 1.29 is 9.18 Å². The minimum atomic E-state index is -0.243. The van der Waals surface area contributed by atoms with Gasteiger partial charge in [-0.2, -0.15) is 5.10 Å². The molecule has 1 amide bonds. The third-order valence-corrected chi connectivity index (χ3v) is 5.74. The van der Waals surface area contributed by atoms with E-state index in [1.807, 2.05) is 41.3 Å². The van der Waals surface area contributed by atoms with E-state index in [1.54, 1.807) is 12.1 Å². The molecule has 138 valence electrons. The van der Waals surface area contributed by atoms with Gasteiger partial charge < -0.3 is 4.90 Å². The lowest BCUT2D eigenvalue weighted by molar-refractivity contribution is 0.0729. The molecule has 1 fully saturated rings. The van der Waals surface area contributed by atoms with Gasteiger partial charge in [0.25, 0.3) is 5.91 Å². The van der Waals surface area contributed by atoms with Gasteiger partial charge in [-0.3, -0.25) is 9.89 Å². The van der Waals surface area contributed by atoms with E-state index in [0.29, 0.717) is 23.1 Å². The first-order valence-corrected chi connectivity index (χ1v) is 9.77. The Hall–Kier alpha value is -2.47. The van der Waals surface area contributed by atoms with Crippen molar-refractivity contribution in [1.82, 2.24) is 15.1 Å². The number of rotatable bonds is 4. The molecule has 1 aliphatic rings. The Morgan fingerprint density at radius 3 is 2.81 bits per heavy atom. The Labute approximate surface area is 165 Å². The van der Waals surface area contributed by atoms with E-state index < -0.39 is 0 Å². The van der Waals surface area contributed by atoms with Crippen LogP contribution in [0.5, 0.6) is 0 Å². The lowest BCUT2D eigenvalue weighted by Crippen LogP contribution is -2.37. The molecule has 0 aliphatic carbocycles. The van der Waals surface area contributed by atoms with E-state index in [2.05, 4.69) is 26.1 Å². The predicted molar refractivity (Wildman–Crippen MR) is 106 cm³/mol. The van der Waals surface area contributed by atoms with Gasteiger partial charge in [0.1, 0.15) is 17.2 Å². The maximum atomic E-state index is 13.5. The molecule has 1 atom stereocenters. The second-order valence-electron chi connectivity index (χ2n) is 6.76. The van der Waals surface area contributed by atoms with E-state index in [0.717, 1.165) is 29.7 Å². The minimum absolute atomic E-state index is 0.0645. The fourth-order valence-electron chi connectivity index (χ4n) is 3.65. The van der Waals surface area contributed by atoms with Gasteiger partial charge in [0, 0.05) is 18.2 Å². The molecule has 2 heterocycles. The molecule has 1 aliphatic heterocycles. The number of hydrogen-bond acceptors (Lipinski definition) is 2. The van der Waals surface area contributed by atoms with Crippen LogP contribution in [0.15, 0.2) is 59.1 Å². The normalized spacial score (nSPS) is 16.7. The summed E-state index contributed by atoms with van der Waals surface area (Å²) in [6.07, 6.45) is 2.52. The van der Waals surface area contributed by atoms with E-state index in [1.165, 1.54) is 6.07 Å². The number of benzene rings is 2. The van der Waals surface area contributed by atoms with Crippen LogP contribution in [0, 0.1) is 5.82 Å². The number of carbonyl (C=O) groups excluding carboxylic acids is 1. The molecular weight excluding hydrogens is 409 g/mol. The Balaban J connectivity index is 1.56. The summed E-state index contributed by atoms with van der Waals surface area (Å²) in [5, 5.41) is 7.22. The highest BCUT2D eigenvalue weighted by molar-refractivity contribution is 9.10. The molecule has 0 bridgehead atoms. The van der Waals surface area contributed by atoms with Crippen molar-refractivity contribution in [2.45, 2.75) is 25.3 Å². The fraction of sp³-hybridized carbons (Fsp3) is 0.238. The summed E-state index contributed by atoms with van der Waals surface area (Å²) in [7, 11) is 0. The van der Waals surface area contributed by atoms with Gasteiger partial charge in [-0.05, 0) is 52.9 Å². The van der Waals surface area contributed by atoms with Gasteiger partial charge >= 0.3 is 0 Å². The van der Waals surface area contributed by atoms with Gasteiger partial charge in [0.15, 0.2) is 0 Å². The Morgan fingerprint density at radius 2 is 2.04 bits per heavy atom. The van der Waals surface area contributed by atoms with Crippen LogP contribution in [-0.4, -0.2) is 33.6 Å². The van der Waals surface area contributed by atoms with Crippen LogP contribution < -0.4 is 0 Å². The topological polar surface area (TPSA) is 49.0 Å². The number of carbonyl (C=O) groups is 1. The predicted octanol–water partition coefficient (Wildman–Crippen LogP) is 4.83. The number of aromatic nitrogens is 2. The van der Waals surface area contributed by atoms with Crippen molar-refractivity contribution in [3.05, 3.63) is 76.1 Å². The zero-order valence-electron chi connectivity index (χ0n) is 14.7. The first-order chi connectivity index (χ1) is 13.1. The average Bonchev–Trinajstić information content (AvgIpc) is 3.28. The van der Waals surface area contributed by atoms with Crippen molar-refractivity contribution in [3.8, 4) is 11.3 Å². The summed E-state index contributed by atoms with van der Waals surface area (Å²) < 4.78 is 14.2. The van der Waals surface area contributed by atoms with Crippen LogP contribution in [0.3, 0.4) is 0 Å². The Kier molecular flexibility index (Phi) is 5.07. The molecule has 0 spiro atoms. The lowest BCUT2D eigenvalue weighted by atomic mass is 10.0. The summed E-state index contributed by atoms with van der Waals surface area (Å²) in [6, 6.07) is 16.4. The molecule has 1 N–H and O–H groups in total. The van der Waals surface area contributed by atoms with Gasteiger partial charge in [0.05, 0.1) is 4.47 Å². The number of nitrogens with one attached hydrogen (secondary N) is 1. The molecule has 1 saturated heterocycles. The van der Waals surface area contributed by atoms with Gasteiger partial charge in [-0.25, -0.2) is 4.39 Å². The van der Waals surface area contributed by atoms with Crippen molar-refractivity contribution in [2.24, 2.45) is 0 Å². The van der Waals surface area contributed by atoms with Crippen molar-refractivity contribution in [1.29, 1.82) is 0 Å². The maximum absolute atomic E-state index is 13.5. The molecule has 2 aromatic carbocycles. The lowest BCUT2D eigenvalue weighted by Gasteiger charge is -2.24. The second-order valence-corrected chi connectivity index (χ2v) is 7.55. The molecule has 0 saturated carbocycles. The number of halogens is 2. The van der Waals surface area contributed by atoms with Crippen LogP contribution in [0.4, 0.5) is 4.39 Å². The van der Waals surface area contributed by atoms with Crippen LogP contribution >= 0.6 is 15.9 Å². The first-order valence-electron chi connectivity index (χ1n) is 8.98. The highest BCUT2D eigenvalue weighted by Crippen LogP contribution is 2.31. The summed E-state index contributed by atoms with van der Waals surface area (Å²) in [6.45, 7) is 0.699. The molecule has 3 aromatic rings. The maximum Gasteiger partial charge on any atom is 0.273 e. The van der Waals surface area contributed by atoms with Gasteiger partial charge in [0.2, 0.25) is 0 Å². The molecule has 4 nitrogen and oxygen atoms in total. The van der Waals surface area contributed by atoms with E-state index in [4.69, 9.17) is 0 Å². The molecule has 1 aromatic heterocycles. The number of nitrogens with zero attached hydrogens (tertiary/aromatic N) is 2. The number of aromatic amines is 1. The van der Waals surface area contributed by atoms with Crippen LogP contribution in [0.2, 0.25) is 0 Å². The first kappa shape index (κ1) is 17.9. The third kappa shape index (κ3) is 3.67. The Bertz CT molecular complexity index is 957. The third-order valence-electron chi connectivity index (χ3n) is 4.97. The highest BCUT2D eigenvalue weighted by Gasteiger charge is 2.32. The van der Waals surface area contributed by atoms with E-state index in [9.17, 15) is 9.18 Å². The molecule has 0 unspecified atom stereocenters. The zero-order chi connectivity index (χ0) is 18.8. The number of amides is 1. The largest absolute Gasteiger partial charge is 0.334 e. The Morgan fingerprint density at radius 1 is 1.22 bits per heavy atom.